The third kappa shape index (κ3) is 5.42. The van der Waals surface area contributed by atoms with E-state index in [1.165, 1.54) is 0 Å². The van der Waals surface area contributed by atoms with E-state index < -0.39 is 12.0 Å². The molecule has 8 heteroatoms. The number of para-hydroxylation sites is 1. The van der Waals surface area contributed by atoms with Crippen LogP contribution in [0.4, 0.5) is 0 Å². The first-order valence-corrected chi connectivity index (χ1v) is 11.6. The number of ether oxygens (including phenoxy) is 3. The van der Waals surface area contributed by atoms with Crippen molar-refractivity contribution < 1.29 is 24.1 Å². The summed E-state index contributed by atoms with van der Waals surface area (Å²) in [7, 11) is 0. The zero-order valence-corrected chi connectivity index (χ0v) is 19.6. The minimum atomic E-state index is -0.835. The van der Waals surface area contributed by atoms with Gasteiger partial charge in [0.15, 0.2) is 11.5 Å². The van der Waals surface area contributed by atoms with Crippen molar-refractivity contribution in [3.05, 3.63) is 51.5 Å². The summed E-state index contributed by atoms with van der Waals surface area (Å²) in [6, 6.07) is 9.36. The third-order valence-electron chi connectivity index (χ3n) is 4.70. The van der Waals surface area contributed by atoms with Crippen molar-refractivity contribution in [2.75, 3.05) is 25.6 Å². The maximum atomic E-state index is 11.2. The molecule has 1 heterocycles. The molecule has 1 fully saturated rings. The molecule has 2 aromatic carbocycles. The van der Waals surface area contributed by atoms with Gasteiger partial charge in [-0.3, -0.25) is 10.1 Å². The van der Waals surface area contributed by atoms with Gasteiger partial charge < -0.3 is 19.3 Å². The van der Waals surface area contributed by atoms with Gasteiger partial charge in [0.1, 0.15) is 25.0 Å². The molecule has 0 radical (unpaired) electrons. The molecule has 0 bridgehead atoms. The van der Waals surface area contributed by atoms with Crippen LogP contribution in [0.15, 0.2) is 34.8 Å². The minimum absolute atomic E-state index is 0.108. The highest BCUT2D eigenvalue weighted by atomic mass is 79.9. The van der Waals surface area contributed by atoms with E-state index in [0.29, 0.717) is 37.1 Å². The van der Waals surface area contributed by atoms with Crippen LogP contribution in [0.5, 0.6) is 17.2 Å². The number of aryl methyl sites for hydroxylation is 2. The number of thioether (sulfide) groups is 1. The molecule has 6 nitrogen and oxygen atoms in total. The highest BCUT2D eigenvalue weighted by Crippen LogP contribution is 2.42. The first-order chi connectivity index (χ1) is 14.4. The Bertz CT molecular complexity index is 887. The maximum Gasteiger partial charge on any atom is 0.321 e. The number of carboxylic acid groups (broad SMARTS) is 1. The van der Waals surface area contributed by atoms with Gasteiger partial charge in [0.2, 0.25) is 0 Å². The number of hydrogen-bond donors (Lipinski definition) is 2. The number of halogens is 1. The summed E-state index contributed by atoms with van der Waals surface area (Å²) in [6.45, 7) is 7.23. The lowest BCUT2D eigenvalue weighted by Crippen LogP contribution is -2.33. The van der Waals surface area contributed by atoms with Crippen LogP contribution in [0.25, 0.3) is 0 Å². The van der Waals surface area contributed by atoms with Crippen molar-refractivity contribution in [2.45, 2.75) is 32.2 Å². The lowest BCUT2D eigenvalue weighted by atomic mass is 10.1. The van der Waals surface area contributed by atoms with Crippen LogP contribution < -0.4 is 19.5 Å². The summed E-state index contributed by atoms with van der Waals surface area (Å²) < 4.78 is 18.5. The Kier molecular flexibility index (Phi) is 7.91. The molecule has 0 spiro atoms. The van der Waals surface area contributed by atoms with Gasteiger partial charge in [-0.2, -0.15) is 0 Å². The Balaban J connectivity index is 1.68. The molecule has 3 rings (SSSR count). The molecule has 30 heavy (non-hydrogen) atoms. The Morgan fingerprint density at radius 3 is 2.43 bits per heavy atom. The maximum absolute atomic E-state index is 11.2. The fraction of sp³-hybridized carbons (Fsp3) is 0.409. The molecule has 0 saturated carbocycles. The molecular formula is C22H26BrNO5S. The van der Waals surface area contributed by atoms with Crippen LogP contribution in [-0.2, 0) is 4.79 Å². The van der Waals surface area contributed by atoms with E-state index in [1.54, 1.807) is 11.8 Å². The molecule has 0 aliphatic carbocycles. The van der Waals surface area contributed by atoms with Crippen molar-refractivity contribution in [3.63, 3.8) is 0 Å². The molecule has 2 N–H and O–H groups in total. The van der Waals surface area contributed by atoms with Gasteiger partial charge in [0, 0.05) is 5.75 Å². The summed E-state index contributed by atoms with van der Waals surface area (Å²) in [5, 5.41) is 12.2. The number of nitrogens with one attached hydrogen (secondary N) is 1. The Morgan fingerprint density at radius 1 is 1.17 bits per heavy atom. The van der Waals surface area contributed by atoms with Gasteiger partial charge in [0.05, 0.1) is 16.5 Å². The van der Waals surface area contributed by atoms with E-state index in [0.717, 1.165) is 26.9 Å². The monoisotopic (exact) mass is 495 g/mol. The van der Waals surface area contributed by atoms with E-state index in [-0.39, 0.29) is 5.37 Å². The average Bonchev–Trinajstić information content (AvgIpc) is 3.19. The first kappa shape index (κ1) is 22.8. The number of hydrogen-bond acceptors (Lipinski definition) is 6. The number of benzene rings is 2. The van der Waals surface area contributed by atoms with Crippen molar-refractivity contribution in [1.82, 2.24) is 5.32 Å². The molecule has 1 aliphatic heterocycles. The normalized spacial score (nSPS) is 18.3. The molecule has 1 saturated heterocycles. The highest BCUT2D eigenvalue weighted by Gasteiger charge is 2.31. The van der Waals surface area contributed by atoms with Gasteiger partial charge in [-0.05, 0) is 65.5 Å². The lowest BCUT2D eigenvalue weighted by Gasteiger charge is -2.18. The van der Waals surface area contributed by atoms with Gasteiger partial charge in [-0.25, -0.2) is 0 Å². The van der Waals surface area contributed by atoms with Crippen LogP contribution in [0, 0.1) is 13.8 Å². The largest absolute Gasteiger partial charge is 0.490 e. The van der Waals surface area contributed by atoms with E-state index in [1.807, 2.05) is 51.1 Å². The summed E-state index contributed by atoms with van der Waals surface area (Å²) in [5.41, 5.74) is 3.13. The second kappa shape index (κ2) is 10.4. The Hall–Kier alpha value is -1.90. The van der Waals surface area contributed by atoms with Crippen molar-refractivity contribution in [2.24, 2.45) is 0 Å². The molecule has 1 aliphatic rings. The van der Waals surface area contributed by atoms with Crippen LogP contribution in [0.1, 0.15) is 29.0 Å². The first-order valence-electron chi connectivity index (χ1n) is 9.79. The Morgan fingerprint density at radius 2 is 1.83 bits per heavy atom. The van der Waals surface area contributed by atoms with E-state index in [4.69, 9.17) is 14.2 Å². The second-order valence-corrected chi connectivity index (χ2v) is 8.94. The smallest absolute Gasteiger partial charge is 0.321 e. The van der Waals surface area contributed by atoms with Gasteiger partial charge in [0.25, 0.3) is 0 Å². The van der Waals surface area contributed by atoms with E-state index >= 15 is 0 Å². The summed E-state index contributed by atoms with van der Waals surface area (Å²) in [6.07, 6.45) is 0. The molecule has 2 atom stereocenters. The molecule has 2 aromatic rings. The molecule has 0 aromatic heterocycles. The summed E-state index contributed by atoms with van der Waals surface area (Å²) in [5.74, 6) is 1.81. The standard InChI is InChI=1S/C22H26BrNO5S/c1-4-27-18-11-15(21-24-17(12-30-21)22(25)26)10-16(23)20(18)29-9-8-28-19-13(2)6-5-7-14(19)3/h5-7,10-11,17,21,24H,4,8-9,12H2,1-3H3,(H,25,26). The molecular weight excluding hydrogens is 470 g/mol. The predicted molar refractivity (Wildman–Crippen MR) is 122 cm³/mol. The molecule has 2 unspecified atom stereocenters. The molecule has 0 amide bonds. The zero-order valence-electron chi connectivity index (χ0n) is 17.2. The van der Waals surface area contributed by atoms with E-state index in [9.17, 15) is 9.90 Å². The van der Waals surface area contributed by atoms with Crippen LogP contribution in [-0.4, -0.2) is 42.7 Å². The second-order valence-electron chi connectivity index (χ2n) is 6.95. The van der Waals surface area contributed by atoms with Crippen molar-refractivity contribution in [1.29, 1.82) is 0 Å². The highest BCUT2D eigenvalue weighted by molar-refractivity contribution is 9.10. The fourth-order valence-corrected chi connectivity index (χ4v) is 5.05. The van der Waals surface area contributed by atoms with Crippen LogP contribution in [0.2, 0.25) is 0 Å². The topological polar surface area (TPSA) is 77.0 Å². The number of rotatable bonds is 9. The fourth-order valence-electron chi connectivity index (χ4n) is 3.26. The Labute approximate surface area is 189 Å². The summed E-state index contributed by atoms with van der Waals surface area (Å²) >= 11 is 5.15. The number of carbonyl (C=O) groups is 1. The summed E-state index contributed by atoms with van der Waals surface area (Å²) in [4.78, 5) is 11.2. The van der Waals surface area contributed by atoms with Crippen molar-refractivity contribution in [3.8, 4) is 17.2 Å². The quantitative estimate of drug-likeness (QED) is 0.487. The minimum Gasteiger partial charge on any atom is -0.490 e. The SMILES string of the molecule is CCOc1cc(C2NC(C(=O)O)CS2)cc(Br)c1OCCOc1c(C)cccc1C. The third-order valence-corrected chi connectivity index (χ3v) is 6.56. The lowest BCUT2D eigenvalue weighted by molar-refractivity contribution is -0.138. The number of carboxylic acids is 1. The molecule has 162 valence electrons. The zero-order chi connectivity index (χ0) is 21.7. The van der Waals surface area contributed by atoms with Crippen molar-refractivity contribution >= 4 is 33.7 Å². The van der Waals surface area contributed by atoms with Gasteiger partial charge in [-0.1, -0.05) is 18.2 Å². The van der Waals surface area contributed by atoms with E-state index in [2.05, 4.69) is 21.2 Å². The van der Waals surface area contributed by atoms with Crippen LogP contribution in [0.3, 0.4) is 0 Å². The van der Waals surface area contributed by atoms with Gasteiger partial charge >= 0.3 is 5.97 Å². The average molecular weight is 496 g/mol. The van der Waals surface area contributed by atoms with Gasteiger partial charge in [-0.15, -0.1) is 11.8 Å². The number of aliphatic carboxylic acids is 1. The van der Waals surface area contributed by atoms with Crippen LogP contribution >= 0.6 is 27.7 Å². The predicted octanol–water partition coefficient (Wildman–Crippen LogP) is 4.71.